The molecule has 0 saturated carbocycles. The molecule has 0 bridgehead atoms. The van der Waals surface area contributed by atoms with Crippen molar-refractivity contribution in [3.63, 3.8) is 0 Å². The maximum atomic E-state index is 5.86. The van der Waals surface area contributed by atoms with Gasteiger partial charge in [-0.15, -0.1) is 0 Å². The molecule has 0 aliphatic heterocycles. The van der Waals surface area contributed by atoms with Crippen LogP contribution >= 0.6 is 0 Å². The van der Waals surface area contributed by atoms with Gasteiger partial charge in [0.2, 0.25) is 0 Å². The normalized spacial score (nSPS) is 12.0. The first-order valence-electron chi connectivity index (χ1n) is 7.90. The van der Waals surface area contributed by atoms with Crippen LogP contribution in [0.5, 0.6) is 0 Å². The van der Waals surface area contributed by atoms with Crippen molar-refractivity contribution in [3.05, 3.63) is 0 Å². The van der Waals surface area contributed by atoms with Gasteiger partial charge in [0.1, 0.15) is 0 Å². The summed E-state index contributed by atoms with van der Waals surface area (Å²) in [5.41, 5.74) is 16.5. The van der Waals surface area contributed by atoms with Crippen LogP contribution in [0.1, 0.15) is 39.0 Å². The van der Waals surface area contributed by atoms with Gasteiger partial charge in [-0.05, 0) is 45.3 Å². The average molecular weight is 324 g/mol. The van der Waals surface area contributed by atoms with Crippen LogP contribution in [0.2, 0.25) is 0 Å². The molecule has 0 radical (unpaired) electrons. The van der Waals surface area contributed by atoms with Crippen molar-refractivity contribution in [2.75, 3.05) is 46.1 Å². The molecular weight excluding hydrogens is 290 g/mol. The summed E-state index contributed by atoms with van der Waals surface area (Å²) in [6.45, 7) is 5.77. The molecule has 0 amide bonds. The average Bonchev–Trinajstić information content (AvgIpc) is 2.48. The highest BCUT2D eigenvalue weighted by Gasteiger charge is 2.45. The van der Waals surface area contributed by atoms with Gasteiger partial charge in [-0.1, -0.05) is 13.3 Å². The van der Waals surface area contributed by atoms with Crippen LogP contribution < -0.4 is 17.2 Å². The molecule has 0 rings (SSSR count). The zero-order chi connectivity index (χ0) is 15.8. The standard InChI is InChI=1S/C13H33N3O4Si/c1-2-3-10-17-21(18-11-4-7-14,19-12-5-8-15)20-13-6-9-16/h2-16H2,1H3. The third-order valence-electron chi connectivity index (χ3n) is 2.66. The van der Waals surface area contributed by atoms with E-state index in [-0.39, 0.29) is 0 Å². The molecule has 0 saturated heterocycles. The Kier molecular flexibility index (Phi) is 14.8. The van der Waals surface area contributed by atoms with Crippen LogP contribution in [0.4, 0.5) is 0 Å². The predicted molar refractivity (Wildman–Crippen MR) is 85.5 cm³/mol. The van der Waals surface area contributed by atoms with Crippen LogP contribution in [-0.4, -0.2) is 55.1 Å². The molecule has 0 aliphatic carbocycles. The summed E-state index contributed by atoms with van der Waals surface area (Å²) in [7, 11) is -3.11. The minimum atomic E-state index is -3.11. The molecule has 0 unspecified atom stereocenters. The van der Waals surface area contributed by atoms with Crippen molar-refractivity contribution in [3.8, 4) is 0 Å². The van der Waals surface area contributed by atoms with Gasteiger partial charge < -0.3 is 34.9 Å². The largest absolute Gasteiger partial charge is 0.679 e. The second-order valence-corrected chi connectivity index (χ2v) is 6.83. The molecule has 0 aliphatic rings. The van der Waals surface area contributed by atoms with Crippen molar-refractivity contribution in [1.82, 2.24) is 0 Å². The fourth-order valence-electron chi connectivity index (χ4n) is 1.43. The van der Waals surface area contributed by atoms with E-state index in [1.165, 1.54) is 0 Å². The highest BCUT2D eigenvalue weighted by atomic mass is 28.4. The maximum absolute atomic E-state index is 5.86. The van der Waals surface area contributed by atoms with E-state index in [4.69, 9.17) is 34.9 Å². The topological polar surface area (TPSA) is 115 Å². The maximum Gasteiger partial charge on any atom is 0.679 e. The Balaban J connectivity index is 4.52. The van der Waals surface area contributed by atoms with Crippen LogP contribution in [0.25, 0.3) is 0 Å². The second-order valence-electron chi connectivity index (χ2n) is 4.67. The predicted octanol–water partition coefficient (Wildman–Crippen LogP) is 0.335. The molecule has 0 aromatic heterocycles. The number of hydrogen-bond acceptors (Lipinski definition) is 7. The molecule has 0 aromatic carbocycles. The lowest BCUT2D eigenvalue weighted by Crippen LogP contribution is -2.50. The molecule has 0 fully saturated rings. The van der Waals surface area contributed by atoms with Gasteiger partial charge in [-0.25, -0.2) is 0 Å². The summed E-state index contributed by atoms with van der Waals surface area (Å²) in [5, 5.41) is 0. The van der Waals surface area contributed by atoms with Gasteiger partial charge in [0, 0.05) is 26.4 Å². The Labute approximate surface area is 129 Å². The van der Waals surface area contributed by atoms with Crippen LogP contribution in [0.3, 0.4) is 0 Å². The van der Waals surface area contributed by atoms with Crippen molar-refractivity contribution in [2.24, 2.45) is 17.2 Å². The van der Waals surface area contributed by atoms with E-state index in [1.54, 1.807) is 0 Å². The quantitative estimate of drug-likeness (QED) is 0.277. The summed E-state index contributed by atoms with van der Waals surface area (Å²) < 4.78 is 23.3. The van der Waals surface area contributed by atoms with Crippen LogP contribution in [-0.2, 0) is 17.7 Å². The second kappa shape index (κ2) is 14.9. The highest BCUT2D eigenvalue weighted by molar-refractivity contribution is 6.53. The van der Waals surface area contributed by atoms with Crippen LogP contribution in [0.15, 0.2) is 0 Å². The summed E-state index contributed by atoms with van der Waals surface area (Å²) in [4.78, 5) is 0. The first-order chi connectivity index (χ1) is 10.2. The lowest BCUT2D eigenvalue weighted by Gasteiger charge is -2.28. The molecule has 0 heterocycles. The molecule has 21 heavy (non-hydrogen) atoms. The third-order valence-corrected chi connectivity index (χ3v) is 4.89. The van der Waals surface area contributed by atoms with E-state index < -0.39 is 9.05 Å². The van der Waals surface area contributed by atoms with Gasteiger partial charge >= 0.3 is 9.05 Å². The van der Waals surface area contributed by atoms with Crippen molar-refractivity contribution in [1.29, 1.82) is 0 Å². The first kappa shape index (κ1) is 20.9. The minimum absolute atomic E-state index is 0.472. The molecular formula is C13H33N3O4Si. The molecule has 0 atom stereocenters. The van der Waals surface area contributed by atoms with Gasteiger partial charge in [0.05, 0.1) is 0 Å². The van der Waals surface area contributed by atoms with E-state index in [1.807, 2.05) is 0 Å². The molecule has 128 valence electrons. The third kappa shape index (κ3) is 11.2. The summed E-state index contributed by atoms with van der Waals surface area (Å²) in [6, 6.07) is 0. The van der Waals surface area contributed by atoms with E-state index in [0.29, 0.717) is 46.1 Å². The van der Waals surface area contributed by atoms with E-state index in [0.717, 1.165) is 32.1 Å². The Bertz CT molecular complexity index is 180. The lowest BCUT2D eigenvalue weighted by atomic mass is 10.4. The Morgan fingerprint density at radius 2 is 0.952 bits per heavy atom. The van der Waals surface area contributed by atoms with Crippen molar-refractivity contribution < 1.29 is 17.7 Å². The number of hydrogen-bond donors (Lipinski definition) is 3. The SMILES string of the molecule is CCCCO[Si](OCCCN)(OCCCN)OCCCN. The molecule has 8 heteroatoms. The minimum Gasteiger partial charge on any atom is -0.351 e. The molecule has 0 spiro atoms. The summed E-state index contributed by atoms with van der Waals surface area (Å²) in [5.74, 6) is 0. The molecule has 7 nitrogen and oxygen atoms in total. The smallest absolute Gasteiger partial charge is 0.351 e. The zero-order valence-electron chi connectivity index (χ0n) is 13.4. The number of unbranched alkanes of at least 4 members (excludes halogenated alkanes) is 1. The first-order valence-corrected chi connectivity index (χ1v) is 9.54. The summed E-state index contributed by atoms with van der Waals surface area (Å²) >= 11 is 0. The highest BCUT2D eigenvalue weighted by Crippen LogP contribution is 2.14. The lowest BCUT2D eigenvalue weighted by molar-refractivity contribution is -0.0358. The van der Waals surface area contributed by atoms with Gasteiger partial charge in [-0.3, -0.25) is 0 Å². The number of nitrogens with two attached hydrogens (primary N) is 3. The van der Waals surface area contributed by atoms with Crippen LogP contribution in [0, 0.1) is 0 Å². The van der Waals surface area contributed by atoms with E-state index >= 15 is 0 Å². The molecule has 6 N–H and O–H groups in total. The van der Waals surface area contributed by atoms with Crippen molar-refractivity contribution in [2.45, 2.75) is 39.0 Å². The molecule has 0 aromatic rings. The zero-order valence-corrected chi connectivity index (χ0v) is 14.4. The Morgan fingerprint density at radius 1 is 0.619 bits per heavy atom. The van der Waals surface area contributed by atoms with Gasteiger partial charge in [0.25, 0.3) is 0 Å². The summed E-state index contributed by atoms with van der Waals surface area (Å²) in [6.07, 6.45) is 4.21. The Morgan fingerprint density at radius 3 is 1.24 bits per heavy atom. The van der Waals surface area contributed by atoms with Crippen molar-refractivity contribution >= 4 is 9.05 Å². The fraction of sp³-hybridized carbons (Fsp3) is 1.00. The van der Waals surface area contributed by atoms with Gasteiger partial charge in [-0.2, -0.15) is 0 Å². The van der Waals surface area contributed by atoms with E-state index in [2.05, 4.69) is 6.92 Å². The van der Waals surface area contributed by atoms with E-state index in [9.17, 15) is 0 Å². The number of rotatable bonds is 16. The monoisotopic (exact) mass is 323 g/mol. The fourth-order valence-corrected chi connectivity index (χ4v) is 3.51. The Hall–Kier alpha value is -0.0631. The van der Waals surface area contributed by atoms with Gasteiger partial charge in [0.15, 0.2) is 0 Å².